The van der Waals surface area contributed by atoms with Gasteiger partial charge < -0.3 is 10.1 Å². The molecule has 0 spiro atoms. The SMILES string of the molecule is CNC(=O)N(C=O)COCC[Si](C)(C)C. The number of hydrogen-bond acceptors (Lipinski definition) is 3. The van der Waals surface area contributed by atoms with E-state index in [4.69, 9.17) is 4.74 Å². The van der Waals surface area contributed by atoms with Crippen LogP contribution in [0.5, 0.6) is 0 Å². The molecule has 1 N–H and O–H groups in total. The van der Waals surface area contributed by atoms with Crippen LogP contribution in [0.15, 0.2) is 0 Å². The Labute approximate surface area is 91.8 Å². The molecule has 0 radical (unpaired) electrons. The number of carbonyl (C=O) groups excluding carboxylic acids is 2. The summed E-state index contributed by atoms with van der Waals surface area (Å²) in [5.41, 5.74) is 0. The van der Waals surface area contributed by atoms with Gasteiger partial charge in [0.2, 0.25) is 6.41 Å². The molecule has 0 unspecified atom stereocenters. The molecule has 0 fully saturated rings. The van der Waals surface area contributed by atoms with Gasteiger partial charge in [0.25, 0.3) is 0 Å². The second kappa shape index (κ2) is 6.57. The monoisotopic (exact) mass is 232 g/mol. The van der Waals surface area contributed by atoms with Crippen molar-refractivity contribution in [2.75, 3.05) is 20.4 Å². The smallest absolute Gasteiger partial charge is 0.325 e. The zero-order valence-electron chi connectivity index (χ0n) is 9.87. The lowest BCUT2D eigenvalue weighted by Crippen LogP contribution is -2.38. The minimum Gasteiger partial charge on any atom is -0.361 e. The van der Waals surface area contributed by atoms with Crippen molar-refractivity contribution in [2.24, 2.45) is 0 Å². The van der Waals surface area contributed by atoms with Crippen molar-refractivity contribution in [2.45, 2.75) is 25.7 Å². The summed E-state index contributed by atoms with van der Waals surface area (Å²) < 4.78 is 5.25. The van der Waals surface area contributed by atoms with Crippen LogP contribution in [-0.2, 0) is 9.53 Å². The highest BCUT2D eigenvalue weighted by atomic mass is 28.3. The minimum atomic E-state index is -1.11. The molecule has 6 heteroatoms. The summed E-state index contributed by atoms with van der Waals surface area (Å²) in [5, 5.41) is 2.36. The Kier molecular flexibility index (Phi) is 6.19. The van der Waals surface area contributed by atoms with Crippen LogP contribution in [-0.4, -0.2) is 45.8 Å². The number of nitrogens with one attached hydrogen (secondary N) is 1. The summed E-state index contributed by atoms with van der Waals surface area (Å²) in [6, 6.07) is 0.575. The molecule has 0 aliphatic heterocycles. The van der Waals surface area contributed by atoms with Gasteiger partial charge in [-0.25, -0.2) is 9.69 Å². The van der Waals surface area contributed by atoms with Gasteiger partial charge in [0, 0.05) is 21.7 Å². The number of carbonyl (C=O) groups is 2. The van der Waals surface area contributed by atoms with Crippen molar-refractivity contribution in [1.29, 1.82) is 0 Å². The molecule has 0 aromatic carbocycles. The van der Waals surface area contributed by atoms with Crippen molar-refractivity contribution >= 4 is 20.5 Å². The molecule has 0 bridgehead atoms. The van der Waals surface area contributed by atoms with Crippen molar-refractivity contribution in [3.8, 4) is 0 Å². The van der Waals surface area contributed by atoms with E-state index >= 15 is 0 Å². The minimum absolute atomic E-state index is 0.0215. The third kappa shape index (κ3) is 7.09. The van der Waals surface area contributed by atoms with Gasteiger partial charge in [-0.1, -0.05) is 19.6 Å². The van der Waals surface area contributed by atoms with Crippen LogP contribution in [0.3, 0.4) is 0 Å². The molecule has 15 heavy (non-hydrogen) atoms. The van der Waals surface area contributed by atoms with E-state index in [1.54, 1.807) is 0 Å². The van der Waals surface area contributed by atoms with Crippen LogP contribution in [0.25, 0.3) is 0 Å². The van der Waals surface area contributed by atoms with Gasteiger partial charge >= 0.3 is 6.03 Å². The highest BCUT2D eigenvalue weighted by Gasteiger charge is 2.14. The second-order valence-corrected chi connectivity index (χ2v) is 10.1. The zero-order valence-corrected chi connectivity index (χ0v) is 10.9. The Hall–Kier alpha value is -0.883. The average molecular weight is 232 g/mol. The van der Waals surface area contributed by atoms with Crippen LogP contribution < -0.4 is 5.32 Å². The van der Waals surface area contributed by atoms with E-state index < -0.39 is 14.1 Å². The molecule has 0 heterocycles. The molecule has 0 aromatic rings. The van der Waals surface area contributed by atoms with Crippen molar-refractivity contribution in [3.63, 3.8) is 0 Å². The molecule has 5 nitrogen and oxygen atoms in total. The first-order chi connectivity index (χ1) is 6.90. The molecule has 0 aliphatic carbocycles. The molecular formula is C9H20N2O3Si. The van der Waals surface area contributed by atoms with Gasteiger partial charge in [-0.05, 0) is 6.04 Å². The molecule has 0 saturated carbocycles. The van der Waals surface area contributed by atoms with Crippen LogP contribution in [0.2, 0.25) is 25.7 Å². The van der Waals surface area contributed by atoms with Crippen LogP contribution in [0, 0.1) is 0 Å². The summed E-state index contributed by atoms with van der Waals surface area (Å²) in [6.45, 7) is 7.34. The quantitative estimate of drug-likeness (QED) is 0.323. The molecule has 0 saturated heterocycles. The molecular weight excluding hydrogens is 212 g/mol. The first-order valence-electron chi connectivity index (χ1n) is 4.92. The van der Waals surface area contributed by atoms with Gasteiger partial charge in [-0.2, -0.15) is 0 Å². The van der Waals surface area contributed by atoms with Gasteiger partial charge in [0.05, 0.1) is 0 Å². The third-order valence-electron chi connectivity index (χ3n) is 1.83. The zero-order chi connectivity index (χ0) is 11.9. The summed E-state index contributed by atoms with van der Waals surface area (Å²) in [7, 11) is 0.366. The molecule has 0 aromatic heterocycles. The Morgan fingerprint density at radius 3 is 2.47 bits per heavy atom. The number of imide groups is 1. The number of rotatable bonds is 6. The van der Waals surface area contributed by atoms with E-state index in [1.807, 2.05) is 0 Å². The highest BCUT2D eigenvalue weighted by molar-refractivity contribution is 6.76. The fourth-order valence-corrected chi connectivity index (χ4v) is 1.58. The number of ether oxygens (including phenoxy) is 1. The molecule has 0 aliphatic rings. The summed E-state index contributed by atoms with van der Waals surface area (Å²) in [6.07, 6.45) is 0.466. The average Bonchev–Trinajstić information content (AvgIpc) is 2.15. The molecule has 0 atom stereocenters. The van der Waals surface area contributed by atoms with E-state index in [1.165, 1.54) is 7.05 Å². The summed E-state index contributed by atoms with van der Waals surface area (Å²) in [5.74, 6) is 0. The topological polar surface area (TPSA) is 58.6 Å². The fourth-order valence-electron chi connectivity index (χ4n) is 0.822. The normalized spacial score (nSPS) is 10.9. The Balaban J connectivity index is 3.74. The van der Waals surface area contributed by atoms with Gasteiger partial charge in [-0.15, -0.1) is 0 Å². The van der Waals surface area contributed by atoms with Crippen molar-refractivity contribution < 1.29 is 14.3 Å². The lowest BCUT2D eigenvalue weighted by atomic mass is 10.7. The fraction of sp³-hybridized carbons (Fsp3) is 0.778. The van der Waals surface area contributed by atoms with E-state index in [-0.39, 0.29) is 6.73 Å². The summed E-state index contributed by atoms with van der Waals surface area (Å²) >= 11 is 0. The van der Waals surface area contributed by atoms with Crippen LogP contribution in [0.1, 0.15) is 0 Å². The Morgan fingerprint density at radius 1 is 1.47 bits per heavy atom. The largest absolute Gasteiger partial charge is 0.361 e. The number of amides is 3. The Bertz CT molecular complexity index is 216. The maximum Gasteiger partial charge on any atom is 0.325 e. The number of nitrogens with zero attached hydrogens (tertiary/aromatic N) is 1. The number of hydrogen-bond donors (Lipinski definition) is 1. The summed E-state index contributed by atoms with van der Waals surface area (Å²) in [4.78, 5) is 22.5. The van der Waals surface area contributed by atoms with Gasteiger partial charge in [-0.3, -0.25) is 4.79 Å². The van der Waals surface area contributed by atoms with E-state index in [0.717, 1.165) is 10.9 Å². The number of urea groups is 1. The molecule has 3 amide bonds. The lowest BCUT2D eigenvalue weighted by molar-refractivity contribution is -0.119. The molecule has 0 rings (SSSR count). The van der Waals surface area contributed by atoms with Gasteiger partial charge in [0.15, 0.2) is 0 Å². The highest BCUT2D eigenvalue weighted by Crippen LogP contribution is 2.07. The second-order valence-electron chi connectivity index (χ2n) is 4.48. The van der Waals surface area contributed by atoms with E-state index in [2.05, 4.69) is 25.0 Å². The lowest BCUT2D eigenvalue weighted by Gasteiger charge is -2.18. The van der Waals surface area contributed by atoms with E-state index in [9.17, 15) is 9.59 Å². The third-order valence-corrected chi connectivity index (χ3v) is 3.53. The van der Waals surface area contributed by atoms with E-state index in [0.29, 0.717) is 13.0 Å². The van der Waals surface area contributed by atoms with Crippen LogP contribution >= 0.6 is 0 Å². The standard InChI is InChI=1S/C9H20N2O3Si/c1-10-9(13)11(7-12)8-14-5-6-15(2,3)4/h7H,5-6,8H2,1-4H3,(H,10,13). The first-order valence-corrected chi connectivity index (χ1v) is 8.63. The predicted octanol–water partition coefficient (Wildman–Crippen LogP) is 1.10. The first kappa shape index (κ1) is 14.1. The van der Waals surface area contributed by atoms with Crippen molar-refractivity contribution in [3.05, 3.63) is 0 Å². The molecule has 88 valence electrons. The maximum absolute atomic E-state index is 11.0. The predicted molar refractivity (Wildman–Crippen MR) is 61.3 cm³/mol. The van der Waals surface area contributed by atoms with Crippen LogP contribution in [0.4, 0.5) is 4.79 Å². The maximum atomic E-state index is 11.0. The van der Waals surface area contributed by atoms with Gasteiger partial charge in [0.1, 0.15) is 6.73 Å². The van der Waals surface area contributed by atoms with Crippen molar-refractivity contribution in [1.82, 2.24) is 10.2 Å². The Morgan fingerprint density at radius 2 is 2.07 bits per heavy atom.